The molecule has 3 rings (SSSR count). The van der Waals surface area contributed by atoms with E-state index in [0.717, 1.165) is 11.3 Å². The predicted octanol–water partition coefficient (Wildman–Crippen LogP) is 3.14. The molecule has 5 nitrogen and oxygen atoms in total. The van der Waals surface area contributed by atoms with Gasteiger partial charge in [0.1, 0.15) is 17.9 Å². The molecule has 0 saturated heterocycles. The van der Waals surface area contributed by atoms with Crippen molar-refractivity contribution in [1.82, 2.24) is 14.5 Å². The molecule has 0 aliphatic rings. The van der Waals surface area contributed by atoms with Gasteiger partial charge in [-0.25, -0.2) is 9.97 Å². The number of carboxylic acids is 1. The Kier molecular flexibility index (Phi) is 3.35. The summed E-state index contributed by atoms with van der Waals surface area (Å²) in [5.74, 6) is -0.366. The van der Waals surface area contributed by atoms with E-state index in [0.29, 0.717) is 22.0 Å². The van der Waals surface area contributed by atoms with E-state index in [1.807, 2.05) is 31.2 Å². The first-order valence-electron chi connectivity index (χ1n) is 6.36. The molecule has 0 radical (unpaired) electrons. The molecule has 0 aliphatic heterocycles. The molecule has 21 heavy (non-hydrogen) atoms. The molecule has 1 N–H and O–H groups in total. The average molecular weight is 302 g/mol. The van der Waals surface area contributed by atoms with E-state index in [2.05, 4.69) is 9.97 Å². The van der Waals surface area contributed by atoms with E-state index < -0.39 is 5.97 Å². The Morgan fingerprint density at radius 3 is 2.57 bits per heavy atom. The Morgan fingerprint density at radius 1 is 1.19 bits per heavy atom. The van der Waals surface area contributed by atoms with Crippen LogP contribution in [0.15, 0.2) is 36.4 Å². The van der Waals surface area contributed by atoms with Gasteiger partial charge in [-0.1, -0.05) is 11.6 Å². The Bertz CT molecular complexity index is 825. The molecule has 3 aromatic rings. The number of fused-ring (bicyclic) bond motifs is 1. The number of nitrogens with zero attached hydrogens (tertiary/aromatic N) is 3. The molecule has 2 heterocycles. The fraction of sp³-hybridized carbons (Fsp3) is 0.133. The lowest BCUT2D eigenvalue weighted by atomic mass is 10.2. The van der Waals surface area contributed by atoms with Gasteiger partial charge in [-0.2, -0.15) is 0 Å². The third-order valence-electron chi connectivity index (χ3n) is 3.13. The molecule has 6 heteroatoms. The van der Waals surface area contributed by atoms with Crippen LogP contribution in [0.5, 0.6) is 0 Å². The minimum atomic E-state index is -0.937. The summed E-state index contributed by atoms with van der Waals surface area (Å²) in [6, 6.07) is 10.8. The highest BCUT2D eigenvalue weighted by atomic mass is 35.5. The SMILES string of the molecule is Cc1ccc2nc(-c3ccc(Cl)cc3)n(CC(=O)O)c2n1. The van der Waals surface area contributed by atoms with Crippen molar-refractivity contribution < 1.29 is 9.90 Å². The van der Waals surface area contributed by atoms with Crippen LogP contribution in [0.2, 0.25) is 5.02 Å². The van der Waals surface area contributed by atoms with Crippen LogP contribution in [0.25, 0.3) is 22.6 Å². The summed E-state index contributed by atoms with van der Waals surface area (Å²) in [5.41, 5.74) is 2.86. The fourth-order valence-corrected chi connectivity index (χ4v) is 2.33. The molecule has 0 saturated carbocycles. The third-order valence-corrected chi connectivity index (χ3v) is 3.38. The van der Waals surface area contributed by atoms with E-state index in [-0.39, 0.29) is 6.54 Å². The zero-order chi connectivity index (χ0) is 15.0. The van der Waals surface area contributed by atoms with Crippen LogP contribution in [0.4, 0.5) is 0 Å². The van der Waals surface area contributed by atoms with E-state index in [4.69, 9.17) is 16.7 Å². The maximum absolute atomic E-state index is 11.1. The second-order valence-electron chi connectivity index (χ2n) is 4.72. The van der Waals surface area contributed by atoms with E-state index in [1.165, 1.54) is 0 Å². The summed E-state index contributed by atoms with van der Waals surface area (Å²) in [6.45, 7) is 1.67. The van der Waals surface area contributed by atoms with Gasteiger partial charge in [-0.15, -0.1) is 0 Å². The van der Waals surface area contributed by atoms with Gasteiger partial charge in [-0.05, 0) is 43.3 Å². The quantitative estimate of drug-likeness (QED) is 0.807. The average Bonchev–Trinajstić information content (AvgIpc) is 2.77. The first-order valence-corrected chi connectivity index (χ1v) is 6.74. The molecule has 0 unspecified atom stereocenters. The molecule has 0 amide bonds. The standard InChI is InChI=1S/C15H12ClN3O2/c1-9-2-7-12-15(17-9)19(8-13(20)21)14(18-12)10-3-5-11(16)6-4-10/h2-7H,8H2,1H3,(H,20,21). The second-order valence-corrected chi connectivity index (χ2v) is 5.15. The Labute approximate surface area is 125 Å². The summed E-state index contributed by atoms with van der Waals surface area (Å²) in [5, 5.41) is 9.75. The predicted molar refractivity (Wildman–Crippen MR) is 80.3 cm³/mol. The number of benzene rings is 1. The van der Waals surface area contributed by atoms with Crippen molar-refractivity contribution in [1.29, 1.82) is 0 Å². The van der Waals surface area contributed by atoms with Crippen molar-refractivity contribution in [3.05, 3.63) is 47.1 Å². The highest BCUT2D eigenvalue weighted by molar-refractivity contribution is 6.30. The van der Waals surface area contributed by atoms with Gasteiger partial charge in [-0.3, -0.25) is 9.36 Å². The lowest BCUT2D eigenvalue weighted by Gasteiger charge is -2.06. The Morgan fingerprint density at radius 2 is 1.90 bits per heavy atom. The van der Waals surface area contributed by atoms with E-state index in [9.17, 15) is 4.79 Å². The normalized spacial score (nSPS) is 11.0. The maximum Gasteiger partial charge on any atom is 0.323 e. The summed E-state index contributed by atoms with van der Waals surface area (Å²) in [4.78, 5) is 20.0. The van der Waals surface area contributed by atoms with E-state index in [1.54, 1.807) is 16.7 Å². The molecule has 2 aromatic heterocycles. The van der Waals surface area contributed by atoms with Crippen molar-refractivity contribution in [2.45, 2.75) is 13.5 Å². The van der Waals surface area contributed by atoms with Crippen LogP contribution in [0, 0.1) is 6.92 Å². The molecule has 0 fully saturated rings. The van der Waals surface area contributed by atoms with Crippen molar-refractivity contribution in [2.75, 3.05) is 0 Å². The van der Waals surface area contributed by atoms with Crippen molar-refractivity contribution in [2.24, 2.45) is 0 Å². The smallest absolute Gasteiger partial charge is 0.323 e. The number of hydrogen-bond donors (Lipinski definition) is 1. The second kappa shape index (κ2) is 5.18. The monoisotopic (exact) mass is 301 g/mol. The minimum Gasteiger partial charge on any atom is -0.480 e. The largest absolute Gasteiger partial charge is 0.480 e. The van der Waals surface area contributed by atoms with Crippen molar-refractivity contribution in [3.8, 4) is 11.4 Å². The molecular formula is C15H12ClN3O2. The number of pyridine rings is 1. The summed E-state index contributed by atoms with van der Waals surface area (Å²) in [6.07, 6.45) is 0. The number of halogens is 1. The first kappa shape index (κ1) is 13.6. The number of imidazole rings is 1. The Hall–Kier alpha value is -2.40. The number of hydrogen-bond acceptors (Lipinski definition) is 3. The molecule has 0 atom stereocenters. The van der Waals surface area contributed by atoms with Gasteiger partial charge in [0.15, 0.2) is 5.65 Å². The van der Waals surface area contributed by atoms with Gasteiger partial charge in [0.05, 0.1) is 0 Å². The van der Waals surface area contributed by atoms with Crippen LogP contribution in [-0.4, -0.2) is 25.6 Å². The lowest BCUT2D eigenvalue weighted by Crippen LogP contribution is -2.10. The highest BCUT2D eigenvalue weighted by Crippen LogP contribution is 2.25. The molecule has 0 bridgehead atoms. The minimum absolute atomic E-state index is 0.190. The van der Waals surface area contributed by atoms with E-state index >= 15 is 0 Å². The number of aromatic nitrogens is 3. The highest BCUT2D eigenvalue weighted by Gasteiger charge is 2.16. The number of carboxylic acid groups (broad SMARTS) is 1. The number of aryl methyl sites for hydroxylation is 1. The Balaban J connectivity index is 2.25. The van der Waals surface area contributed by atoms with Gasteiger partial charge >= 0.3 is 5.97 Å². The zero-order valence-electron chi connectivity index (χ0n) is 11.2. The third kappa shape index (κ3) is 2.60. The fourth-order valence-electron chi connectivity index (χ4n) is 2.20. The topological polar surface area (TPSA) is 68.0 Å². The van der Waals surface area contributed by atoms with Crippen LogP contribution < -0.4 is 0 Å². The molecular weight excluding hydrogens is 290 g/mol. The number of rotatable bonds is 3. The lowest BCUT2D eigenvalue weighted by molar-refractivity contribution is -0.137. The molecule has 106 valence electrons. The van der Waals surface area contributed by atoms with Crippen molar-refractivity contribution in [3.63, 3.8) is 0 Å². The van der Waals surface area contributed by atoms with Crippen LogP contribution in [0.1, 0.15) is 5.69 Å². The van der Waals surface area contributed by atoms with Crippen molar-refractivity contribution >= 4 is 28.7 Å². The molecule has 0 spiro atoms. The van der Waals surface area contributed by atoms with Gasteiger partial charge in [0.2, 0.25) is 0 Å². The van der Waals surface area contributed by atoms with Crippen LogP contribution in [-0.2, 0) is 11.3 Å². The number of carbonyl (C=O) groups is 1. The van der Waals surface area contributed by atoms with Gasteiger partial charge in [0.25, 0.3) is 0 Å². The van der Waals surface area contributed by atoms with Gasteiger partial charge in [0, 0.05) is 16.3 Å². The summed E-state index contributed by atoms with van der Waals surface area (Å²) in [7, 11) is 0. The zero-order valence-corrected chi connectivity index (χ0v) is 12.0. The summed E-state index contributed by atoms with van der Waals surface area (Å²) >= 11 is 5.89. The number of aliphatic carboxylic acids is 1. The molecule has 1 aromatic carbocycles. The maximum atomic E-state index is 11.1. The first-order chi connectivity index (χ1) is 10.0. The van der Waals surface area contributed by atoms with Crippen LogP contribution >= 0.6 is 11.6 Å². The van der Waals surface area contributed by atoms with Gasteiger partial charge < -0.3 is 5.11 Å². The summed E-state index contributed by atoms with van der Waals surface area (Å²) < 4.78 is 1.61. The molecule has 0 aliphatic carbocycles. The van der Waals surface area contributed by atoms with Crippen LogP contribution in [0.3, 0.4) is 0 Å².